The Balaban J connectivity index is 0.000000220. The van der Waals surface area contributed by atoms with Crippen LogP contribution in [0.5, 0.6) is 0 Å². The van der Waals surface area contributed by atoms with Gasteiger partial charge in [-0.3, -0.25) is 4.79 Å². The van der Waals surface area contributed by atoms with Crippen molar-refractivity contribution in [2.45, 2.75) is 25.4 Å². The normalized spacial score (nSPS) is 12.8. The quantitative estimate of drug-likeness (QED) is 0.427. The molecule has 162 valence electrons. The Labute approximate surface area is 172 Å². The van der Waals surface area contributed by atoms with E-state index in [9.17, 15) is 18.0 Å². The molecule has 3 aromatic rings. The number of ether oxygens (including phenoxy) is 1. The number of rotatable bonds is 5. The van der Waals surface area contributed by atoms with Gasteiger partial charge in [-0.1, -0.05) is 0 Å². The van der Waals surface area contributed by atoms with Crippen molar-refractivity contribution in [2.24, 2.45) is 0 Å². The van der Waals surface area contributed by atoms with Crippen LogP contribution < -0.4 is 5.32 Å². The van der Waals surface area contributed by atoms with E-state index < -0.39 is 11.6 Å². The van der Waals surface area contributed by atoms with E-state index in [1.807, 2.05) is 0 Å². The van der Waals surface area contributed by atoms with Gasteiger partial charge >= 0.3 is 0 Å². The van der Waals surface area contributed by atoms with E-state index in [1.54, 1.807) is 25.3 Å². The predicted octanol–water partition coefficient (Wildman–Crippen LogP) is 4.16. The van der Waals surface area contributed by atoms with Crippen LogP contribution in [0.1, 0.15) is 19.3 Å². The van der Waals surface area contributed by atoms with Crippen LogP contribution in [0.2, 0.25) is 0 Å². The van der Waals surface area contributed by atoms with Crippen molar-refractivity contribution >= 4 is 17.3 Å². The summed E-state index contributed by atoms with van der Waals surface area (Å²) in [5.41, 5.74) is 1.58. The monoisotopic (exact) mass is 422 g/mol. The third-order valence-corrected chi connectivity index (χ3v) is 4.53. The molecule has 0 spiro atoms. The second-order valence-electron chi connectivity index (χ2n) is 6.63. The van der Waals surface area contributed by atoms with Gasteiger partial charge in [-0.25, -0.2) is 13.2 Å². The van der Waals surface area contributed by atoms with Crippen molar-refractivity contribution in [3.63, 3.8) is 0 Å². The number of nitrogens with one attached hydrogen (secondary N) is 2. The molecule has 1 fully saturated rings. The molecule has 0 aliphatic heterocycles. The second-order valence-corrected chi connectivity index (χ2v) is 6.63. The number of aromatic amines is 1. The minimum Gasteiger partial charge on any atom is -0.395 e. The molecule has 0 atom stereocenters. The van der Waals surface area contributed by atoms with Gasteiger partial charge < -0.3 is 20.1 Å². The first kappa shape index (κ1) is 23.4. The number of carbonyl (C=O) groups excluding carboxylic acids is 1. The summed E-state index contributed by atoms with van der Waals surface area (Å²) >= 11 is 0. The summed E-state index contributed by atoms with van der Waals surface area (Å²) in [5.74, 6) is -1.60. The van der Waals surface area contributed by atoms with Gasteiger partial charge in [0.2, 0.25) is 6.41 Å². The van der Waals surface area contributed by atoms with Crippen molar-refractivity contribution in [3.8, 4) is 11.3 Å². The number of hydrogen-bond acceptors (Lipinski definition) is 3. The molecule has 1 heterocycles. The van der Waals surface area contributed by atoms with Crippen LogP contribution in [0.25, 0.3) is 22.2 Å². The van der Waals surface area contributed by atoms with Crippen molar-refractivity contribution in [1.82, 2.24) is 10.3 Å². The maximum absolute atomic E-state index is 13.5. The highest BCUT2D eigenvalue weighted by atomic mass is 19.1. The van der Waals surface area contributed by atoms with E-state index in [4.69, 9.17) is 9.84 Å². The molecule has 8 heteroatoms. The molecule has 30 heavy (non-hydrogen) atoms. The predicted molar refractivity (Wildman–Crippen MR) is 109 cm³/mol. The number of benzene rings is 2. The average molecular weight is 422 g/mol. The van der Waals surface area contributed by atoms with E-state index >= 15 is 0 Å². The number of H-pyrrole nitrogens is 1. The highest BCUT2D eigenvalue weighted by molar-refractivity contribution is 5.86. The molecule has 4 rings (SSSR count). The fourth-order valence-corrected chi connectivity index (χ4v) is 2.68. The number of aliphatic hydroxyl groups excluding tert-OH is 1. The summed E-state index contributed by atoms with van der Waals surface area (Å²) in [6, 6.07) is 9.50. The molecule has 0 unspecified atom stereocenters. The molecular formula is C22H25F3N2O3. The third-order valence-electron chi connectivity index (χ3n) is 4.53. The fraction of sp³-hybridized carbons (Fsp3) is 0.318. The Hall–Kier alpha value is -2.84. The maximum atomic E-state index is 13.5. The Morgan fingerprint density at radius 1 is 1.13 bits per heavy atom. The van der Waals surface area contributed by atoms with Gasteiger partial charge in [-0.2, -0.15) is 0 Å². The molecule has 1 aliphatic carbocycles. The molecular weight excluding hydrogens is 397 g/mol. The fourth-order valence-electron chi connectivity index (χ4n) is 2.68. The van der Waals surface area contributed by atoms with E-state index in [1.165, 1.54) is 37.5 Å². The summed E-state index contributed by atoms with van der Waals surface area (Å²) in [6.07, 6.45) is 5.12. The van der Waals surface area contributed by atoms with E-state index in [-0.39, 0.29) is 17.9 Å². The molecule has 0 radical (unpaired) electrons. The van der Waals surface area contributed by atoms with Crippen LogP contribution in [-0.2, 0) is 9.53 Å². The van der Waals surface area contributed by atoms with Gasteiger partial charge in [0.05, 0.1) is 18.2 Å². The van der Waals surface area contributed by atoms with Crippen molar-refractivity contribution < 1.29 is 27.8 Å². The highest BCUT2D eigenvalue weighted by Gasteiger charge is 2.14. The highest BCUT2D eigenvalue weighted by Crippen LogP contribution is 2.26. The lowest BCUT2D eigenvalue weighted by atomic mass is 9.96. The number of halogens is 3. The SMILES string of the molecule is COC1CCC1.Fc1ccc(-c2cc3cc(F)cc(F)c3[nH]2)cc1.O=CNCCO. The minimum atomic E-state index is -0.640. The topological polar surface area (TPSA) is 74.4 Å². The Morgan fingerprint density at radius 3 is 2.30 bits per heavy atom. The number of aliphatic hydroxyl groups is 1. The standard InChI is InChI=1S/C14H8F3N.C5H10O.C3H7NO2/c15-10-3-1-8(2-4-10)13-6-9-5-11(16)7-12(17)14(9)18-13;1-6-5-3-2-4-5;5-2-1-4-3-6/h1-7,18H;5H,2-4H2,1H3;3,5H,1-2H2,(H,4,6). The first-order valence-electron chi connectivity index (χ1n) is 9.52. The number of hydrogen-bond donors (Lipinski definition) is 3. The van der Waals surface area contributed by atoms with Crippen LogP contribution in [0.3, 0.4) is 0 Å². The van der Waals surface area contributed by atoms with Gasteiger partial charge in [0.15, 0.2) is 0 Å². The van der Waals surface area contributed by atoms with Crippen LogP contribution in [0.4, 0.5) is 13.2 Å². The smallest absolute Gasteiger partial charge is 0.207 e. The van der Waals surface area contributed by atoms with Crippen LogP contribution in [-0.4, -0.2) is 42.9 Å². The molecule has 1 saturated carbocycles. The zero-order valence-electron chi connectivity index (χ0n) is 16.6. The van der Waals surface area contributed by atoms with Crippen molar-refractivity contribution in [3.05, 3.63) is 59.9 Å². The molecule has 5 nitrogen and oxygen atoms in total. The lowest BCUT2D eigenvalue weighted by Gasteiger charge is -2.22. The average Bonchev–Trinajstić information content (AvgIpc) is 3.11. The zero-order valence-corrected chi connectivity index (χ0v) is 16.6. The molecule has 1 aromatic heterocycles. The number of aromatic nitrogens is 1. The van der Waals surface area contributed by atoms with Gasteiger partial charge in [0, 0.05) is 30.8 Å². The Bertz CT molecular complexity index is 923. The number of carbonyl (C=O) groups is 1. The lowest BCUT2D eigenvalue weighted by Crippen LogP contribution is -2.18. The Kier molecular flexibility index (Phi) is 9.37. The molecule has 2 aromatic carbocycles. The third kappa shape index (κ3) is 6.89. The minimum absolute atomic E-state index is 0.0126. The number of fused-ring (bicyclic) bond motifs is 1. The van der Waals surface area contributed by atoms with Crippen molar-refractivity contribution in [2.75, 3.05) is 20.3 Å². The first-order valence-corrected chi connectivity index (χ1v) is 9.52. The second kappa shape index (κ2) is 12.0. The van der Waals surface area contributed by atoms with E-state index in [0.29, 0.717) is 35.7 Å². The molecule has 3 N–H and O–H groups in total. The first-order chi connectivity index (χ1) is 14.5. The summed E-state index contributed by atoms with van der Waals surface area (Å²) in [6.45, 7) is 0.363. The number of methoxy groups -OCH3 is 1. The summed E-state index contributed by atoms with van der Waals surface area (Å²) < 4.78 is 44.4. The molecule has 0 saturated heterocycles. The lowest BCUT2D eigenvalue weighted by molar-refractivity contribution is -0.109. The Morgan fingerprint density at radius 2 is 1.83 bits per heavy atom. The van der Waals surface area contributed by atoms with Crippen LogP contribution >= 0.6 is 0 Å². The molecule has 0 bridgehead atoms. The summed E-state index contributed by atoms with van der Waals surface area (Å²) in [7, 11) is 1.78. The maximum Gasteiger partial charge on any atom is 0.207 e. The largest absolute Gasteiger partial charge is 0.395 e. The van der Waals surface area contributed by atoms with Crippen molar-refractivity contribution in [1.29, 1.82) is 0 Å². The van der Waals surface area contributed by atoms with Gasteiger partial charge in [-0.15, -0.1) is 0 Å². The molecule has 1 aliphatic rings. The van der Waals surface area contributed by atoms with E-state index in [2.05, 4.69) is 10.3 Å². The molecule has 1 amide bonds. The zero-order chi connectivity index (χ0) is 21.9. The van der Waals surface area contributed by atoms with Gasteiger partial charge in [0.25, 0.3) is 0 Å². The summed E-state index contributed by atoms with van der Waals surface area (Å²) in [4.78, 5) is 12.2. The summed E-state index contributed by atoms with van der Waals surface area (Å²) in [5, 5.41) is 10.7. The van der Waals surface area contributed by atoms with Crippen LogP contribution in [0, 0.1) is 17.5 Å². The van der Waals surface area contributed by atoms with E-state index in [0.717, 1.165) is 6.07 Å². The van der Waals surface area contributed by atoms with Gasteiger partial charge in [0.1, 0.15) is 17.5 Å². The number of amides is 1. The van der Waals surface area contributed by atoms with Gasteiger partial charge in [-0.05, 0) is 61.2 Å². The van der Waals surface area contributed by atoms with Crippen LogP contribution in [0.15, 0.2) is 42.5 Å².